The summed E-state index contributed by atoms with van der Waals surface area (Å²) < 4.78 is 4.94. The van der Waals surface area contributed by atoms with E-state index < -0.39 is 0 Å². The predicted octanol–water partition coefficient (Wildman–Crippen LogP) is 1.28. The largest absolute Gasteiger partial charge is 0.677 e. The summed E-state index contributed by atoms with van der Waals surface area (Å²) in [5, 5.41) is 0. The van der Waals surface area contributed by atoms with E-state index in [1.54, 1.807) is 0 Å². The Labute approximate surface area is 50.0 Å². The van der Waals surface area contributed by atoms with E-state index in [-0.39, 0.29) is 5.41 Å². The molecule has 1 aliphatic rings. The molecule has 0 unspecified atom stereocenters. The Bertz CT molecular complexity index is 78.6. The van der Waals surface area contributed by atoms with Crippen LogP contribution < -0.4 is 0 Å². The zero-order chi connectivity index (χ0) is 6.04. The molecule has 8 heavy (non-hydrogen) atoms. The van der Waals surface area contributed by atoms with E-state index in [1.165, 1.54) is 0 Å². The Balaban J connectivity index is 2.20. The summed E-state index contributed by atoms with van der Waals surface area (Å²) >= 11 is 0. The zero-order valence-corrected chi connectivity index (χ0v) is 4.94. The SMILES string of the molecule is [CH2-]C1(CC[NH-])COC1. The molecule has 1 fully saturated rings. The molecule has 1 rings (SSSR count). The lowest BCUT2D eigenvalue weighted by molar-refractivity contribution is -0.0859. The van der Waals surface area contributed by atoms with E-state index in [2.05, 4.69) is 6.92 Å². The summed E-state index contributed by atoms with van der Waals surface area (Å²) in [6.45, 7) is 5.91. The third-order valence-corrected chi connectivity index (χ3v) is 1.47. The Kier molecular flexibility index (Phi) is 1.54. The van der Waals surface area contributed by atoms with Gasteiger partial charge in [0.05, 0.1) is 0 Å². The molecular weight excluding hydrogens is 102 g/mol. The highest BCUT2D eigenvalue weighted by atomic mass is 16.5. The molecule has 2 heteroatoms. The number of hydrogen-bond donors (Lipinski definition) is 0. The second-order valence-corrected chi connectivity index (χ2v) is 2.49. The Morgan fingerprint density at radius 2 is 2.25 bits per heavy atom. The van der Waals surface area contributed by atoms with Crippen molar-refractivity contribution in [1.29, 1.82) is 0 Å². The summed E-state index contributed by atoms with van der Waals surface area (Å²) in [7, 11) is 0. The maximum absolute atomic E-state index is 6.90. The Morgan fingerprint density at radius 1 is 1.62 bits per heavy atom. The van der Waals surface area contributed by atoms with Crippen LogP contribution in [-0.2, 0) is 4.74 Å². The van der Waals surface area contributed by atoms with E-state index in [0.29, 0.717) is 6.54 Å². The molecule has 0 radical (unpaired) electrons. The first-order valence-electron chi connectivity index (χ1n) is 2.85. The van der Waals surface area contributed by atoms with Crippen LogP contribution in [0.1, 0.15) is 6.42 Å². The molecular formula is C6H11NO-2. The lowest BCUT2D eigenvalue weighted by atomic mass is 9.85. The highest BCUT2D eigenvalue weighted by Crippen LogP contribution is 2.29. The minimum absolute atomic E-state index is 0.113. The van der Waals surface area contributed by atoms with Crippen LogP contribution in [0.5, 0.6) is 0 Å². The van der Waals surface area contributed by atoms with Crippen LogP contribution in [0.3, 0.4) is 0 Å². The molecule has 1 heterocycles. The van der Waals surface area contributed by atoms with Gasteiger partial charge in [0, 0.05) is 13.2 Å². The van der Waals surface area contributed by atoms with E-state index in [4.69, 9.17) is 10.5 Å². The van der Waals surface area contributed by atoms with Crippen LogP contribution in [-0.4, -0.2) is 19.8 Å². The lowest BCUT2D eigenvalue weighted by Gasteiger charge is -2.46. The fourth-order valence-electron chi connectivity index (χ4n) is 0.800. The van der Waals surface area contributed by atoms with Gasteiger partial charge in [0.25, 0.3) is 0 Å². The van der Waals surface area contributed by atoms with Crippen molar-refractivity contribution in [2.24, 2.45) is 5.41 Å². The van der Waals surface area contributed by atoms with Gasteiger partial charge < -0.3 is 17.4 Å². The fourth-order valence-corrected chi connectivity index (χ4v) is 0.800. The van der Waals surface area contributed by atoms with Crippen molar-refractivity contribution in [3.63, 3.8) is 0 Å². The summed E-state index contributed by atoms with van der Waals surface area (Å²) in [5.74, 6) is 0. The molecule has 0 spiro atoms. The van der Waals surface area contributed by atoms with Gasteiger partial charge in [0.2, 0.25) is 0 Å². The van der Waals surface area contributed by atoms with Crippen LogP contribution >= 0.6 is 0 Å². The van der Waals surface area contributed by atoms with E-state index >= 15 is 0 Å². The highest BCUT2D eigenvalue weighted by molar-refractivity contribution is 4.88. The summed E-state index contributed by atoms with van der Waals surface area (Å²) in [6.07, 6.45) is 0.882. The van der Waals surface area contributed by atoms with E-state index in [1.807, 2.05) is 0 Å². The molecule has 1 N–H and O–H groups in total. The normalized spacial score (nSPS) is 24.8. The summed E-state index contributed by atoms with van der Waals surface area (Å²) in [5.41, 5.74) is 7.01. The standard InChI is InChI=1S/C6H11NO/c1-6(2-3-7)4-8-5-6/h7H,1-5H2/q-2. The molecule has 0 atom stereocenters. The molecule has 0 aromatic heterocycles. The van der Waals surface area contributed by atoms with Crippen molar-refractivity contribution in [1.82, 2.24) is 0 Å². The van der Waals surface area contributed by atoms with Crippen molar-refractivity contribution in [3.05, 3.63) is 12.7 Å². The maximum Gasteiger partial charge on any atom is 0.0268 e. The van der Waals surface area contributed by atoms with Crippen LogP contribution in [0.4, 0.5) is 0 Å². The minimum atomic E-state index is 0.113. The third kappa shape index (κ3) is 1.01. The molecule has 0 aliphatic carbocycles. The minimum Gasteiger partial charge on any atom is -0.677 e. The first kappa shape index (κ1) is 6.05. The van der Waals surface area contributed by atoms with Gasteiger partial charge in [-0.05, 0) is 0 Å². The average Bonchev–Trinajstić information content (AvgIpc) is 1.64. The second kappa shape index (κ2) is 2.03. The monoisotopic (exact) mass is 113 g/mol. The molecule has 2 nitrogen and oxygen atoms in total. The van der Waals surface area contributed by atoms with Gasteiger partial charge in [-0.3, -0.25) is 0 Å². The predicted molar refractivity (Wildman–Crippen MR) is 32.4 cm³/mol. The molecule has 0 saturated carbocycles. The molecule has 0 bridgehead atoms. The summed E-state index contributed by atoms with van der Waals surface area (Å²) in [4.78, 5) is 0. The van der Waals surface area contributed by atoms with Crippen LogP contribution in [0.2, 0.25) is 0 Å². The average molecular weight is 113 g/mol. The fraction of sp³-hybridized carbons (Fsp3) is 0.833. The van der Waals surface area contributed by atoms with Crippen LogP contribution in [0, 0.1) is 12.3 Å². The van der Waals surface area contributed by atoms with Gasteiger partial charge >= 0.3 is 0 Å². The Morgan fingerprint density at radius 3 is 2.38 bits per heavy atom. The number of nitrogens with one attached hydrogen (secondary N) is 1. The number of hydrogen-bond acceptors (Lipinski definition) is 1. The number of rotatable bonds is 2. The first-order chi connectivity index (χ1) is 3.77. The molecule has 0 aromatic rings. The van der Waals surface area contributed by atoms with E-state index in [9.17, 15) is 0 Å². The van der Waals surface area contributed by atoms with Gasteiger partial charge in [-0.25, -0.2) is 0 Å². The maximum atomic E-state index is 6.90. The summed E-state index contributed by atoms with van der Waals surface area (Å²) in [6, 6.07) is 0. The molecule has 48 valence electrons. The van der Waals surface area contributed by atoms with Crippen LogP contribution in [0.25, 0.3) is 5.73 Å². The van der Waals surface area contributed by atoms with Gasteiger partial charge in [0.15, 0.2) is 0 Å². The van der Waals surface area contributed by atoms with Crippen LogP contribution in [0.15, 0.2) is 0 Å². The third-order valence-electron chi connectivity index (χ3n) is 1.47. The van der Waals surface area contributed by atoms with Crippen molar-refractivity contribution in [2.75, 3.05) is 19.8 Å². The quantitative estimate of drug-likeness (QED) is 0.496. The number of ether oxygens (including phenoxy) is 1. The first-order valence-corrected chi connectivity index (χ1v) is 2.85. The molecule has 0 amide bonds. The van der Waals surface area contributed by atoms with Crippen molar-refractivity contribution < 1.29 is 4.74 Å². The van der Waals surface area contributed by atoms with Crippen molar-refractivity contribution >= 4 is 0 Å². The van der Waals surface area contributed by atoms with Gasteiger partial charge in [0.1, 0.15) is 0 Å². The van der Waals surface area contributed by atoms with Crippen molar-refractivity contribution in [2.45, 2.75) is 6.42 Å². The van der Waals surface area contributed by atoms with Gasteiger partial charge in [-0.2, -0.15) is 6.54 Å². The molecule has 0 aromatic carbocycles. The Hall–Kier alpha value is -0.0800. The molecule has 1 aliphatic heterocycles. The van der Waals surface area contributed by atoms with E-state index in [0.717, 1.165) is 19.6 Å². The van der Waals surface area contributed by atoms with Gasteiger partial charge in [-0.15, -0.1) is 5.41 Å². The second-order valence-electron chi connectivity index (χ2n) is 2.49. The van der Waals surface area contributed by atoms with Crippen molar-refractivity contribution in [3.8, 4) is 0 Å². The topological polar surface area (TPSA) is 33.0 Å². The zero-order valence-electron chi connectivity index (χ0n) is 4.94. The molecule has 1 saturated heterocycles. The van der Waals surface area contributed by atoms with Gasteiger partial charge in [-0.1, -0.05) is 6.42 Å². The highest BCUT2D eigenvalue weighted by Gasteiger charge is 2.23. The smallest absolute Gasteiger partial charge is 0.0268 e. The lowest BCUT2D eigenvalue weighted by Crippen LogP contribution is -2.40.